The van der Waals surface area contributed by atoms with Crippen molar-refractivity contribution in [3.8, 4) is 0 Å². The van der Waals surface area contributed by atoms with Crippen LogP contribution >= 0.6 is 0 Å². The molecule has 98 valence electrons. The Hall–Kier alpha value is -1.02. The molecule has 1 N–H and O–H groups in total. The Bertz CT molecular complexity index is 380. The molecule has 1 aromatic rings. The molecule has 1 saturated heterocycles. The molecular weight excluding hydrogens is 220 g/mol. The van der Waals surface area contributed by atoms with Crippen LogP contribution in [-0.2, 0) is 6.42 Å². The van der Waals surface area contributed by atoms with Crippen LogP contribution in [0.15, 0.2) is 24.3 Å². The lowest BCUT2D eigenvalue weighted by Crippen LogP contribution is -2.42. The molecule has 0 aromatic heterocycles. The van der Waals surface area contributed by atoms with Crippen LogP contribution in [0.25, 0.3) is 0 Å². The van der Waals surface area contributed by atoms with Gasteiger partial charge in [-0.05, 0) is 43.9 Å². The van der Waals surface area contributed by atoms with Crippen LogP contribution in [0.2, 0.25) is 0 Å². The van der Waals surface area contributed by atoms with Crippen molar-refractivity contribution in [2.45, 2.75) is 44.6 Å². The minimum absolute atomic E-state index is 0.693. The van der Waals surface area contributed by atoms with Crippen molar-refractivity contribution in [2.24, 2.45) is 0 Å². The first-order chi connectivity index (χ1) is 8.93. The summed E-state index contributed by atoms with van der Waals surface area (Å²) in [6, 6.07) is 9.63. The molecule has 2 aliphatic rings. The second-order valence-electron chi connectivity index (χ2n) is 5.68. The van der Waals surface area contributed by atoms with E-state index in [-0.39, 0.29) is 0 Å². The van der Waals surface area contributed by atoms with E-state index in [1.54, 1.807) is 0 Å². The van der Waals surface area contributed by atoms with E-state index in [4.69, 9.17) is 0 Å². The highest BCUT2D eigenvalue weighted by atomic mass is 15.2. The van der Waals surface area contributed by atoms with Gasteiger partial charge in [0.1, 0.15) is 0 Å². The van der Waals surface area contributed by atoms with Crippen molar-refractivity contribution in [3.05, 3.63) is 29.8 Å². The summed E-state index contributed by atoms with van der Waals surface area (Å²) in [6.45, 7) is 3.63. The van der Waals surface area contributed by atoms with E-state index in [1.165, 1.54) is 69.4 Å². The van der Waals surface area contributed by atoms with Crippen LogP contribution in [-0.4, -0.2) is 25.7 Å². The van der Waals surface area contributed by atoms with Crippen LogP contribution in [0.1, 0.15) is 37.7 Å². The third kappa shape index (κ3) is 2.69. The van der Waals surface area contributed by atoms with Crippen LogP contribution in [0.5, 0.6) is 0 Å². The van der Waals surface area contributed by atoms with Crippen molar-refractivity contribution >= 4 is 5.69 Å². The number of nitrogens with zero attached hydrogens (tertiary/aromatic N) is 1. The zero-order chi connectivity index (χ0) is 12.2. The Morgan fingerprint density at radius 3 is 3.06 bits per heavy atom. The van der Waals surface area contributed by atoms with Crippen molar-refractivity contribution < 1.29 is 0 Å². The second kappa shape index (κ2) is 5.75. The fourth-order valence-corrected chi connectivity index (χ4v) is 3.32. The summed E-state index contributed by atoms with van der Waals surface area (Å²) in [5.74, 6) is 0. The maximum Gasteiger partial charge on any atom is 0.0399 e. The number of anilines is 1. The molecule has 2 aliphatic heterocycles. The molecule has 0 saturated carbocycles. The lowest BCUT2D eigenvalue weighted by Gasteiger charge is -2.34. The third-order valence-corrected chi connectivity index (χ3v) is 4.31. The molecule has 1 atom stereocenters. The largest absolute Gasteiger partial charge is 0.370 e. The highest BCUT2D eigenvalue weighted by molar-refractivity contribution is 5.55. The molecule has 0 aliphatic carbocycles. The minimum Gasteiger partial charge on any atom is -0.370 e. The van der Waals surface area contributed by atoms with E-state index >= 15 is 0 Å². The van der Waals surface area contributed by atoms with Gasteiger partial charge in [0, 0.05) is 24.8 Å². The van der Waals surface area contributed by atoms with Crippen LogP contribution < -0.4 is 10.2 Å². The number of nitrogens with one attached hydrogen (secondary N) is 1. The fraction of sp³-hybridized carbons (Fsp3) is 0.625. The Balaban J connectivity index is 1.69. The molecule has 2 nitrogen and oxygen atoms in total. The number of para-hydroxylation sites is 1. The summed E-state index contributed by atoms with van der Waals surface area (Å²) < 4.78 is 0. The van der Waals surface area contributed by atoms with Gasteiger partial charge in [0.05, 0.1) is 0 Å². The summed E-state index contributed by atoms with van der Waals surface area (Å²) in [5, 5.41) is 3.72. The van der Waals surface area contributed by atoms with Crippen LogP contribution in [0, 0.1) is 0 Å². The molecule has 18 heavy (non-hydrogen) atoms. The monoisotopic (exact) mass is 244 g/mol. The van der Waals surface area contributed by atoms with Gasteiger partial charge in [-0.2, -0.15) is 0 Å². The SMILES string of the molecule is c1ccc2c(c1)CCCN2CC1CCCCCN1. The minimum atomic E-state index is 0.693. The van der Waals surface area contributed by atoms with Gasteiger partial charge in [0.15, 0.2) is 0 Å². The molecule has 1 fully saturated rings. The Morgan fingerprint density at radius 2 is 2.06 bits per heavy atom. The third-order valence-electron chi connectivity index (χ3n) is 4.31. The van der Waals surface area contributed by atoms with E-state index in [2.05, 4.69) is 34.5 Å². The van der Waals surface area contributed by atoms with Gasteiger partial charge in [-0.25, -0.2) is 0 Å². The maximum atomic E-state index is 3.72. The molecule has 1 aromatic carbocycles. The van der Waals surface area contributed by atoms with Gasteiger partial charge in [-0.3, -0.25) is 0 Å². The summed E-state index contributed by atoms with van der Waals surface area (Å²) in [6.07, 6.45) is 8.06. The van der Waals surface area contributed by atoms with E-state index in [0.717, 1.165) is 0 Å². The maximum absolute atomic E-state index is 3.72. The molecule has 0 radical (unpaired) electrons. The van der Waals surface area contributed by atoms with Gasteiger partial charge in [-0.15, -0.1) is 0 Å². The summed E-state index contributed by atoms with van der Waals surface area (Å²) >= 11 is 0. The Morgan fingerprint density at radius 1 is 1.11 bits per heavy atom. The predicted molar refractivity (Wildman–Crippen MR) is 77.2 cm³/mol. The second-order valence-corrected chi connectivity index (χ2v) is 5.68. The highest BCUT2D eigenvalue weighted by Gasteiger charge is 2.20. The van der Waals surface area contributed by atoms with Crippen molar-refractivity contribution in [2.75, 3.05) is 24.5 Å². The van der Waals surface area contributed by atoms with Gasteiger partial charge in [0.2, 0.25) is 0 Å². The summed E-state index contributed by atoms with van der Waals surface area (Å²) in [7, 11) is 0. The number of aryl methyl sites for hydroxylation is 1. The standard InChI is InChI=1S/C16H24N2/c1-2-9-15(17-11-5-1)13-18-12-6-8-14-7-3-4-10-16(14)18/h3-4,7,10,15,17H,1-2,5-6,8-9,11-13H2. The number of rotatable bonds is 2. The molecule has 1 unspecified atom stereocenters. The Kier molecular flexibility index (Phi) is 3.84. The number of benzene rings is 1. The molecule has 0 amide bonds. The molecule has 2 heterocycles. The molecular formula is C16H24N2. The van der Waals surface area contributed by atoms with E-state index in [1.807, 2.05) is 0 Å². The zero-order valence-corrected chi connectivity index (χ0v) is 11.2. The fourth-order valence-electron chi connectivity index (χ4n) is 3.32. The lowest BCUT2D eigenvalue weighted by atomic mass is 10.0. The van der Waals surface area contributed by atoms with Crippen LogP contribution in [0.4, 0.5) is 5.69 Å². The Labute approximate surface area is 110 Å². The van der Waals surface area contributed by atoms with Crippen LogP contribution in [0.3, 0.4) is 0 Å². The van der Waals surface area contributed by atoms with E-state index in [9.17, 15) is 0 Å². The average Bonchev–Trinajstić information content (AvgIpc) is 2.68. The first-order valence-corrected chi connectivity index (χ1v) is 7.50. The molecule has 0 spiro atoms. The van der Waals surface area contributed by atoms with Crippen molar-refractivity contribution in [1.29, 1.82) is 0 Å². The number of fused-ring (bicyclic) bond motifs is 1. The van der Waals surface area contributed by atoms with Gasteiger partial charge in [-0.1, -0.05) is 31.0 Å². The zero-order valence-electron chi connectivity index (χ0n) is 11.2. The summed E-state index contributed by atoms with van der Waals surface area (Å²) in [5.41, 5.74) is 3.02. The van der Waals surface area contributed by atoms with Gasteiger partial charge in [0.25, 0.3) is 0 Å². The van der Waals surface area contributed by atoms with Crippen molar-refractivity contribution in [3.63, 3.8) is 0 Å². The number of hydrogen-bond donors (Lipinski definition) is 1. The lowest BCUT2D eigenvalue weighted by molar-refractivity contribution is 0.493. The first kappa shape index (κ1) is 12.0. The first-order valence-electron chi connectivity index (χ1n) is 7.50. The van der Waals surface area contributed by atoms with E-state index in [0.29, 0.717) is 6.04 Å². The van der Waals surface area contributed by atoms with Gasteiger partial charge >= 0.3 is 0 Å². The smallest absolute Gasteiger partial charge is 0.0399 e. The average molecular weight is 244 g/mol. The van der Waals surface area contributed by atoms with E-state index < -0.39 is 0 Å². The number of hydrogen-bond acceptors (Lipinski definition) is 2. The quantitative estimate of drug-likeness (QED) is 0.860. The van der Waals surface area contributed by atoms with Gasteiger partial charge < -0.3 is 10.2 Å². The normalized spacial score (nSPS) is 24.4. The topological polar surface area (TPSA) is 15.3 Å². The molecule has 3 rings (SSSR count). The molecule has 0 bridgehead atoms. The predicted octanol–water partition coefficient (Wildman–Crippen LogP) is 2.97. The van der Waals surface area contributed by atoms with Crippen molar-refractivity contribution in [1.82, 2.24) is 5.32 Å². The molecule has 2 heteroatoms. The summed E-state index contributed by atoms with van der Waals surface area (Å²) in [4.78, 5) is 2.60. The highest BCUT2D eigenvalue weighted by Crippen LogP contribution is 2.27.